The summed E-state index contributed by atoms with van der Waals surface area (Å²) in [5, 5.41) is 2.70. The van der Waals surface area contributed by atoms with Gasteiger partial charge in [0.05, 0.1) is 4.90 Å². The molecule has 1 fully saturated rings. The quantitative estimate of drug-likeness (QED) is 0.879. The summed E-state index contributed by atoms with van der Waals surface area (Å²) in [4.78, 5) is 18.8. The minimum absolute atomic E-state index is 0.131. The number of nitrogens with zero attached hydrogens (tertiary/aromatic N) is 3. The Morgan fingerprint density at radius 2 is 1.85 bits per heavy atom. The Morgan fingerprint density at radius 1 is 1.12 bits per heavy atom. The van der Waals surface area contributed by atoms with E-state index >= 15 is 0 Å². The van der Waals surface area contributed by atoms with E-state index in [0.29, 0.717) is 32.0 Å². The summed E-state index contributed by atoms with van der Waals surface area (Å²) < 4.78 is 27.1. The molecule has 3 rings (SSSR count). The molecular formula is C18H22N4O3S. The monoisotopic (exact) mass is 374 g/mol. The van der Waals surface area contributed by atoms with Gasteiger partial charge in [-0.15, -0.1) is 0 Å². The van der Waals surface area contributed by atoms with Gasteiger partial charge in [-0.05, 0) is 49.9 Å². The molecule has 1 saturated heterocycles. The van der Waals surface area contributed by atoms with Crippen molar-refractivity contribution in [1.29, 1.82) is 0 Å². The van der Waals surface area contributed by atoms with Gasteiger partial charge in [0.25, 0.3) is 5.91 Å². The third-order valence-corrected chi connectivity index (χ3v) is 6.25. The molecule has 0 saturated carbocycles. The number of sulfonamides is 1. The number of hydrogen-bond acceptors (Lipinski definition) is 5. The number of likely N-dealkylation sites (N-methyl/N-ethyl adjacent to an activating group) is 1. The molecule has 1 amide bonds. The summed E-state index contributed by atoms with van der Waals surface area (Å²) in [6.45, 7) is 4.18. The molecule has 0 unspecified atom stereocenters. The van der Waals surface area contributed by atoms with Crippen LogP contribution in [-0.4, -0.2) is 61.7 Å². The van der Waals surface area contributed by atoms with Crippen LogP contribution in [0.1, 0.15) is 15.9 Å². The first-order valence-corrected chi connectivity index (χ1v) is 9.83. The number of nitrogens with one attached hydrogen (secondary N) is 1. The van der Waals surface area contributed by atoms with Gasteiger partial charge in [-0.25, -0.2) is 13.4 Å². The predicted molar refractivity (Wildman–Crippen MR) is 99.6 cm³/mol. The lowest BCUT2D eigenvalue weighted by molar-refractivity contribution is 0.102. The van der Waals surface area contributed by atoms with Crippen LogP contribution in [0.4, 0.5) is 5.82 Å². The number of rotatable bonds is 4. The molecule has 1 aromatic heterocycles. The van der Waals surface area contributed by atoms with Crippen LogP contribution in [0, 0.1) is 6.92 Å². The Hall–Kier alpha value is -2.29. The number of benzene rings is 1. The maximum atomic E-state index is 12.8. The highest BCUT2D eigenvalue weighted by atomic mass is 32.2. The highest BCUT2D eigenvalue weighted by Crippen LogP contribution is 2.19. The van der Waals surface area contributed by atoms with Crippen LogP contribution in [-0.2, 0) is 10.0 Å². The first-order chi connectivity index (χ1) is 12.4. The largest absolute Gasteiger partial charge is 0.307 e. The van der Waals surface area contributed by atoms with Crippen LogP contribution in [0.5, 0.6) is 0 Å². The zero-order valence-corrected chi connectivity index (χ0v) is 15.7. The Morgan fingerprint density at radius 3 is 2.54 bits per heavy atom. The molecule has 1 N–H and O–H groups in total. The number of carbonyl (C=O) groups excluding carboxylic acids is 1. The van der Waals surface area contributed by atoms with Gasteiger partial charge in [-0.2, -0.15) is 4.31 Å². The number of aryl methyl sites for hydroxylation is 1. The third kappa shape index (κ3) is 4.09. The van der Waals surface area contributed by atoms with Gasteiger partial charge in [0.2, 0.25) is 10.0 Å². The molecule has 0 bridgehead atoms. The van der Waals surface area contributed by atoms with Crippen molar-refractivity contribution in [3.8, 4) is 0 Å². The normalized spacial score (nSPS) is 16.4. The van der Waals surface area contributed by atoms with Crippen LogP contribution in [0.3, 0.4) is 0 Å². The number of pyridine rings is 1. The number of amides is 1. The van der Waals surface area contributed by atoms with Crippen molar-refractivity contribution in [3.05, 3.63) is 53.7 Å². The average molecular weight is 374 g/mol. The van der Waals surface area contributed by atoms with Crippen molar-refractivity contribution < 1.29 is 13.2 Å². The van der Waals surface area contributed by atoms with Gasteiger partial charge in [-0.3, -0.25) is 4.79 Å². The van der Waals surface area contributed by atoms with Gasteiger partial charge in [0.15, 0.2) is 0 Å². The molecule has 2 heterocycles. The Balaban J connectivity index is 1.80. The smallest absolute Gasteiger partial charge is 0.256 e. The van der Waals surface area contributed by atoms with Crippen LogP contribution in [0.15, 0.2) is 47.5 Å². The maximum Gasteiger partial charge on any atom is 0.256 e. The fraction of sp³-hybridized carbons (Fsp3) is 0.333. The van der Waals surface area contributed by atoms with Crippen LogP contribution < -0.4 is 5.32 Å². The van der Waals surface area contributed by atoms with Crippen molar-refractivity contribution >= 4 is 21.7 Å². The molecule has 0 aliphatic carbocycles. The number of piperazine rings is 1. The first-order valence-electron chi connectivity index (χ1n) is 8.39. The molecule has 8 heteroatoms. The van der Waals surface area contributed by atoms with Gasteiger partial charge in [-0.1, -0.05) is 6.07 Å². The average Bonchev–Trinajstić information content (AvgIpc) is 2.62. The van der Waals surface area contributed by atoms with Crippen LogP contribution in [0.2, 0.25) is 0 Å². The summed E-state index contributed by atoms with van der Waals surface area (Å²) in [5.74, 6) is 0.0425. The van der Waals surface area contributed by atoms with Crippen LogP contribution in [0.25, 0.3) is 0 Å². The standard InChI is InChI=1S/C18H22N4O3S/c1-14-6-7-19-17(12-14)20-18(23)15-4-3-5-16(13-15)26(24,25)22-10-8-21(2)9-11-22/h3-7,12-13H,8-11H2,1-2H3,(H,19,20,23). The van der Waals surface area contributed by atoms with E-state index in [1.54, 1.807) is 24.4 Å². The second kappa shape index (κ2) is 7.53. The Kier molecular flexibility index (Phi) is 5.36. The second-order valence-corrected chi connectivity index (χ2v) is 8.35. The van der Waals surface area contributed by atoms with E-state index in [-0.39, 0.29) is 10.5 Å². The second-order valence-electron chi connectivity index (χ2n) is 6.41. The van der Waals surface area contributed by atoms with Gasteiger partial charge >= 0.3 is 0 Å². The molecule has 0 atom stereocenters. The molecule has 0 spiro atoms. The molecule has 1 aliphatic rings. The molecule has 2 aromatic rings. The summed E-state index contributed by atoms with van der Waals surface area (Å²) in [6, 6.07) is 9.70. The molecular weight excluding hydrogens is 352 g/mol. The highest BCUT2D eigenvalue weighted by Gasteiger charge is 2.27. The van der Waals surface area contributed by atoms with Crippen molar-refractivity contribution in [2.45, 2.75) is 11.8 Å². The number of anilines is 1. The SMILES string of the molecule is Cc1ccnc(NC(=O)c2cccc(S(=O)(=O)N3CCN(C)CC3)c2)c1. The summed E-state index contributed by atoms with van der Waals surface area (Å²) in [7, 11) is -1.64. The van der Waals surface area contributed by atoms with E-state index in [9.17, 15) is 13.2 Å². The molecule has 1 aliphatic heterocycles. The van der Waals surface area contributed by atoms with Gasteiger partial charge < -0.3 is 10.2 Å². The van der Waals surface area contributed by atoms with Gasteiger partial charge in [0, 0.05) is 37.9 Å². The number of hydrogen-bond donors (Lipinski definition) is 1. The van der Waals surface area contributed by atoms with E-state index < -0.39 is 15.9 Å². The van der Waals surface area contributed by atoms with E-state index in [2.05, 4.69) is 15.2 Å². The third-order valence-electron chi connectivity index (χ3n) is 4.35. The van der Waals surface area contributed by atoms with Gasteiger partial charge in [0.1, 0.15) is 5.82 Å². The molecule has 138 valence electrons. The lowest BCUT2D eigenvalue weighted by Gasteiger charge is -2.31. The van der Waals surface area contributed by atoms with E-state index in [1.807, 2.05) is 20.0 Å². The predicted octanol–water partition coefficient (Wildman–Crippen LogP) is 1.58. The lowest BCUT2D eigenvalue weighted by Crippen LogP contribution is -2.47. The molecule has 0 radical (unpaired) electrons. The molecule has 1 aromatic carbocycles. The van der Waals surface area contributed by atoms with Crippen molar-refractivity contribution in [2.24, 2.45) is 0 Å². The zero-order valence-electron chi connectivity index (χ0n) is 14.8. The summed E-state index contributed by atoms with van der Waals surface area (Å²) >= 11 is 0. The maximum absolute atomic E-state index is 12.8. The van der Waals surface area contributed by atoms with Crippen molar-refractivity contribution in [1.82, 2.24) is 14.2 Å². The Bertz CT molecular complexity index is 906. The fourth-order valence-corrected chi connectivity index (χ4v) is 4.24. The fourth-order valence-electron chi connectivity index (χ4n) is 2.77. The molecule has 7 nitrogen and oxygen atoms in total. The molecule has 26 heavy (non-hydrogen) atoms. The zero-order chi connectivity index (χ0) is 18.7. The summed E-state index contributed by atoms with van der Waals surface area (Å²) in [5.41, 5.74) is 1.25. The topological polar surface area (TPSA) is 82.6 Å². The summed E-state index contributed by atoms with van der Waals surface area (Å²) in [6.07, 6.45) is 1.61. The lowest BCUT2D eigenvalue weighted by atomic mass is 10.2. The van der Waals surface area contributed by atoms with E-state index in [1.165, 1.54) is 16.4 Å². The van der Waals surface area contributed by atoms with E-state index in [4.69, 9.17) is 0 Å². The Labute approximate surface area is 153 Å². The minimum Gasteiger partial charge on any atom is -0.307 e. The number of carbonyl (C=O) groups is 1. The highest BCUT2D eigenvalue weighted by molar-refractivity contribution is 7.89. The van der Waals surface area contributed by atoms with Crippen molar-refractivity contribution in [3.63, 3.8) is 0 Å². The first kappa shape index (κ1) is 18.5. The minimum atomic E-state index is -3.61. The van der Waals surface area contributed by atoms with Crippen LogP contribution >= 0.6 is 0 Å². The van der Waals surface area contributed by atoms with E-state index in [0.717, 1.165) is 5.56 Å². The number of aromatic nitrogens is 1. The van der Waals surface area contributed by atoms with Crippen molar-refractivity contribution in [2.75, 3.05) is 38.5 Å².